The molecular weight excluding hydrogens is 248 g/mol. The second-order valence-electron chi connectivity index (χ2n) is 4.72. The molecule has 0 heterocycles. The van der Waals surface area contributed by atoms with E-state index in [-0.39, 0.29) is 6.04 Å². The smallest absolute Gasteiger partial charge is 0.240 e. The van der Waals surface area contributed by atoms with E-state index in [0.717, 1.165) is 5.56 Å². The Bertz CT molecular complexity index is 484. The van der Waals surface area contributed by atoms with Crippen LogP contribution in [0.4, 0.5) is 0 Å². The maximum atomic E-state index is 12.1. The largest absolute Gasteiger partial charge is 0.327 e. The van der Waals surface area contributed by atoms with Gasteiger partial charge in [0.15, 0.2) is 0 Å². The highest BCUT2D eigenvalue weighted by Crippen LogP contribution is 2.18. The van der Waals surface area contributed by atoms with Crippen LogP contribution in [0.25, 0.3) is 0 Å². The second kappa shape index (κ2) is 6.31. The van der Waals surface area contributed by atoms with Gasteiger partial charge in [-0.1, -0.05) is 39.0 Å². The molecule has 1 aromatic rings. The zero-order chi connectivity index (χ0) is 13.8. The number of hydrogen-bond acceptors (Lipinski definition) is 3. The molecule has 0 radical (unpaired) electrons. The van der Waals surface area contributed by atoms with Gasteiger partial charge in [-0.25, -0.2) is 13.1 Å². The molecule has 1 unspecified atom stereocenters. The van der Waals surface area contributed by atoms with Gasteiger partial charge in [0.05, 0.1) is 4.90 Å². The Labute approximate surface area is 110 Å². The Morgan fingerprint density at radius 1 is 1.28 bits per heavy atom. The number of sulfonamides is 1. The quantitative estimate of drug-likeness (QED) is 0.823. The number of nitrogens with one attached hydrogen (secondary N) is 1. The predicted octanol–water partition coefficient (Wildman–Crippen LogP) is 1.51. The minimum atomic E-state index is -3.42. The van der Waals surface area contributed by atoms with Gasteiger partial charge in [-0.15, -0.1) is 0 Å². The molecule has 0 fully saturated rings. The highest BCUT2D eigenvalue weighted by atomic mass is 32.2. The number of hydrogen-bond donors (Lipinski definition) is 2. The maximum Gasteiger partial charge on any atom is 0.240 e. The van der Waals surface area contributed by atoms with E-state index in [9.17, 15) is 8.42 Å². The average Bonchev–Trinajstić information content (AvgIpc) is 2.29. The van der Waals surface area contributed by atoms with Crippen LogP contribution in [0.3, 0.4) is 0 Å². The van der Waals surface area contributed by atoms with Crippen LogP contribution < -0.4 is 10.5 Å². The van der Waals surface area contributed by atoms with Crippen molar-refractivity contribution >= 4 is 10.0 Å². The standard InChI is InChI=1S/C13H22N2O2S/c1-4-15-18(16,17)13-8-6-5-7-11(13)9-12(14)10(2)3/h5-8,10,12,15H,4,9,14H2,1-3H3. The van der Waals surface area contributed by atoms with Gasteiger partial charge in [-0.2, -0.15) is 0 Å². The van der Waals surface area contributed by atoms with E-state index in [1.165, 1.54) is 0 Å². The van der Waals surface area contributed by atoms with Gasteiger partial charge < -0.3 is 5.73 Å². The van der Waals surface area contributed by atoms with Crippen molar-refractivity contribution in [3.8, 4) is 0 Å². The van der Waals surface area contributed by atoms with Gasteiger partial charge in [-0.05, 0) is 24.0 Å². The number of nitrogens with two attached hydrogens (primary N) is 1. The average molecular weight is 270 g/mol. The second-order valence-corrected chi connectivity index (χ2v) is 6.46. The molecule has 102 valence electrons. The van der Waals surface area contributed by atoms with Crippen LogP contribution in [0.5, 0.6) is 0 Å². The molecular formula is C13H22N2O2S. The summed E-state index contributed by atoms with van der Waals surface area (Å²) in [5.41, 5.74) is 6.80. The molecule has 0 saturated heterocycles. The Morgan fingerprint density at radius 2 is 1.89 bits per heavy atom. The highest BCUT2D eigenvalue weighted by molar-refractivity contribution is 7.89. The van der Waals surface area contributed by atoms with Crippen LogP contribution in [0.1, 0.15) is 26.3 Å². The van der Waals surface area contributed by atoms with Crippen LogP contribution in [0, 0.1) is 5.92 Å². The lowest BCUT2D eigenvalue weighted by Gasteiger charge is -2.17. The Balaban J connectivity index is 3.07. The summed E-state index contributed by atoms with van der Waals surface area (Å²) in [5.74, 6) is 0.319. The summed E-state index contributed by atoms with van der Waals surface area (Å²) in [4.78, 5) is 0.336. The fourth-order valence-electron chi connectivity index (χ4n) is 1.69. The molecule has 1 rings (SSSR count). The first-order chi connectivity index (χ1) is 8.38. The van der Waals surface area contributed by atoms with Crippen LogP contribution in [0.15, 0.2) is 29.2 Å². The minimum Gasteiger partial charge on any atom is -0.327 e. The van der Waals surface area contributed by atoms with Crippen LogP contribution in [0.2, 0.25) is 0 Å². The molecule has 0 aromatic heterocycles. The fraction of sp³-hybridized carbons (Fsp3) is 0.538. The molecule has 5 heteroatoms. The van der Waals surface area contributed by atoms with Gasteiger partial charge >= 0.3 is 0 Å². The summed E-state index contributed by atoms with van der Waals surface area (Å²) in [6.07, 6.45) is 0.568. The number of benzene rings is 1. The molecule has 18 heavy (non-hydrogen) atoms. The lowest BCUT2D eigenvalue weighted by atomic mass is 9.97. The van der Waals surface area contributed by atoms with Gasteiger partial charge in [0, 0.05) is 12.6 Å². The molecule has 0 aliphatic heterocycles. The third-order valence-corrected chi connectivity index (χ3v) is 4.55. The van der Waals surface area contributed by atoms with E-state index in [1.54, 1.807) is 19.1 Å². The molecule has 0 spiro atoms. The van der Waals surface area contributed by atoms with Gasteiger partial charge in [0.2, 0.25) is 10.0 Å². The predicted molar refractivity (Wildman–Crippen MR) is 73.8 cm³/mol. The van der Waals surface area contributed by atoms with Gasteiger partial charge in [0.1, 0.15) is 0 Å². The summed E-state index contributed by atoms with van der Waals surface area (Å²) in [6.45, 7) is 6.21. The summed E-state index contributed by atoms with van der Waals surface area (Å²) in [5, 5.41) is 0. The van der Waals surface area contributed by atoms with E-state index in [4.69, 9.17) is 5.73 Å². The molecule has 3 N–H and O–H groups in total. The van der Waals surface area contributed by atoms with Gasteiger partial charge in [-0.3, -0.25) is 0 Å². The highest BCUT2D eigenvalue weighted by Gasteiger charge is 2.19. The first kappa shape index (κ1) is 15.1. The van der Waals surface area contributed by atoms with Crippen molar-refractivity contribution in [2.45, 2.75) is 38.1 Å². The normalized spacial score (nSPS) is 13.8. The zero-order valence-corrected chi connectivity index (χ0v) is 12.0. The molecule has 4 nitrogen and oxygen atoms in total. The Hall–Kier alpha value is -0.910. The SMILES string of the molecule is CCNS(=O)(=O)c1ccccc1CC(N)C(C)C. The van der Waals surface area contributed by atoms with Crippen LogP contribution in [-0.4, -0.2) is 21.0 Å². The van der Waals surface area contributed by atoms with E-state index >= 15 is 0 Å². The monoisotopic (exact) mass is 270 g/mol. The summed E-state index contributed by atoms with van der Waals surface area (Å²) in [7, 11) is -3.42. The molecule has 0 amide bonds. The van der Waals surface area contributed by atoms with Crippen molar-refractivity contribution in [1.82, 2.24) is 4.72 Å². The van der Waals surface area contributed by atoms with Crippen molar-refractivity contribution in [3.63, 3.8) is 0 Å². The van der Waals surface area contributed by atoms with E-state index in [1.807, 2.05) is 26.0 Å². The summed E-state index contributed by atoms with van der Waals surface area (Å²) >= 11 is 0. The molecule has 0 aliphatic carbocycles. The lowest BCUT2D eigenvalue weighted by molar-refractivity contribution is 0.487. The van der Waals surface area contributed by atoms with Crippen molar-refractivity contribution in [3.05, 3.63) is 29.8 Å². The van der Waals surface area contributed by atoms with Crippen molar-refractivity contribution in [2.24, 2.45) is 11.7 Å². The Kier molecular flexibility index (Phi) is 5.31. The maximum absolute atomic E-state index is 12.1. The first-order valence-electron chi connectivity index (χ1n) is 6.21. The minimum absolute atomic E-state index is 0.0389. The molecule has 1 aromatic carbocycles. The third kappa shape index (κ3) is 3.80. The fourth-order valence-corrected chi connectivity index (χ4v) is 2.98. The van der Waals surface area contributed by atoms with Crippen molar-refractivity contribution < 1.29 is 8.42 Å². The zero-order valence-electron chi connectivity index (χ0n) is 11.2. The molecule has 1 atom stereocenters. The summed E-state index contributed by atoms with van der Waals surface area (Å²) < 4.78 is 26.6. The first-order valence-corrected chi connectivity index (χ1v) is 7.70. The van der Waals surface area contributed by atoms with Crippen molar-refractivity contribution in [1.29, 1.82) is 0 Å². The van der Waals surface area contributed by atoms with Crippen LogP contribution in [-0.2, 0) is 16.4 Å². The topological polar surface area (TPSA) is 72.2 Å². The van der Waals surface area contributed by atoms with Crippen LogP contribution >= 0.6 is 0 Å². The van der Waals surface area contributed by atoms with Gasteiger partial charge in [0.25, 0.3) is 0 Å². The molecule has 0 bridgehead atoms. The Morgan fingerprint density at radius 3 is 2.44 bits per heavy atom. The van der Waals surface area contributed by atoms with E-state index < -0.39 is 10.0 Å². The molecule has 0 aliphatic rings. The van der Waals surface area contributed by atoms with Crippen molar-refractivity contribution in [2.75, 3.05) is 6.54 Å². The third-order valence-electron chi connectivity index (χ3n) is 2.91. The summed E-state index contributed by atoms with van der Waals surface area (Å²) in [6, 6.07) is 6.98. The van der Waals surface area contributed by atoms with E-state index in [2.05, 4.69) is 4.72 Å². The van der Waals surface area contributed by atoms with E-state index in [0.29, 0.717) is 23.8 Å². The lowest BCUT2D eigenvalue weighted by Crippen LogP contribution is -2.30. The number of rotatable bonds is 6. The molecule has 0 saturated carbocycles.